The quantitative estimate of drug-likeness (QED) is 0.753. The minimum atomic E-state index is -1.14. The summed E-state index contributed by atoms with van der Waals surface area (Å²) in [6.45, 7) is 4.10. The molecule has 0 bridgehead atoms. The monoisotopic (exact) mass is 408 g/mol. The minimum Gasteiger partial charge on any atom is -0.326 e. The van der Waals surface area contributed by atoms with Crippen molar-refractivity contribution in [1.29, 1.82) is 0 Å². The van der Waals surface area contributed by atoms with Gasteiger partial charge in [0, 0.05) is 11.5 Å². The topological polar surface area (TPSA) is 83.1 Å². The van der Waals surface area contributed by atoms with E-state index in [4.69, 9.17) is 0 Å². The second kappa shape index (κ2) is 6.47. The third kappa shape index (κ3) is 2.41. The normalized spacial score (nSPS) is 29.7. The molecule has 1 spiro atoms. The third-order valence-corrected chi connectivity index (χ3v) is 6.82. The molecule has 0 unspecified atom stereocenters. The number of carbonyl (C=O) groups excluding carboxylic acids is 3. The molecule has 7 heteroatoms. The number of carbonyl (C=O) groups is 3. The summed E-state index contributed by atoms with van der Waals surface area (Å²) in [7, 11) is 0. The van der Waals surface area contributed by atoms with E-state index >= 15 is 0 Å². The molecular formula is C23H23FN3O3+. The van der Waals surface area contributed by atoms with E-state index in [1.54, 1.807) is 12.1 Å². The van der Waals surface area contributed by atoms with Gasteiger partial charge in [0.15, 0.2) is 0 Å². The molecule has 2 aromatic rings. The molecule has 5 rings (SSSR count). The lowest BCUT2D eigenvalue weighted by molar-refractivity contribution is -0.738. The van der Waals surface area contributed by atoms with Crippen LogP contribution in [0.2, 0.25) is 0 Å². The van der Waals surface area contributed by atoms with Crippen LogP contribution < -0.4 is 10.6 Å². The molecule has 0 saturated carbocycles. The van der Waals surface area contributed by atoms with Crippen molar-refractivity contribution in [3.63, 3.8) is 0 Å². The number of rotatable bonds is 3. The molecule has 3 aliphatic rings. The number of anilines is 1. The largest absolute Gasteiger partial charge is 0.326 e. The van der Waals surface area contributed by atoms with Gasteiger partial charge < -0.3 is 10.6 Å². The number of nitrogens with two attached hydrogens (primary N) is 1. The standard InChI is InChI=1S/C23H22FN3O3/c1-12(2)19-17-18(23(26-19)15-5-3-4-6-16(15)25-22(23)30)21(29)27(20(17)28)11-13-7-9-14(24)10-8-13/h3-10,12,17-19,26H,11H2,1-2H3,(H,25,30)/p+1/t17-,18-,19+,23+/m0/s1. The molecule has 2 fully saturated rings. The summed E-state index contributed by atoms with van der Waals surface area (Å²) in [6, 6.07) is 13.0. The lowest BCUT2D eigenvalue weighted by Crippen LogP contribution is -2.99. The zero-order valence-electron chi connectivity index (χ0n) is 16.8. The number of nitrogens with one attached hydrogen (secondary N) is 1. The summed E-state index contributed by atoms with van der Waals surface area (Å²) in [5.74, 6) is -2.44. The maximum Gasteiger partial charge on any atom is 0.291 e. The average Bonchev–Trinajstić information content (AvgIpc) is 3.31. The van der Waals surface area contributed by atoms with Crippen LogP contribution in [0.3, 0.4) is 0 Å². The first kappa shape index (κ1) is 18.9. The molecule has 0 radical (unpaired) electrons. The third-order valence-electron chi connectivity index (χ3n) is 6.82. The fourth-order valence-corrected chi connectivity index (χ4v) is 5.44. The maximum absolute atomic E-state index is 13.6. The molecule has 2 saturated heterocycles. The Morgan fingerprint density at radius 2 is 1.77 bits per heavy atom. The Hall–Kier alpha value is -3.06. The number of para-hydroxylation sites is 1. The Bertz CT molecular complexity index is 1070. The molecule has 3 N–H and O–H groups in total. The molecule has 0 aliphatic carbocycles. The van der Waals surface area contributed by atoms with Gasteiger partial charge in [0.1, 0.15) is 23.7 Å². The van der Waals surface area contributed by atoms with Crippen molar-refractivity contribution < 1.29 is 24.1 Å². The van der Waals surface area contributed by atoms with Crippen molar-refractivity contribution >= 4 is 23.4 Å². The number of quaternary nitrogens is 1. The number of hydrogen-bond acceptors (Lipinski definition) is 3. The van der Waals surface area contributed by atoms with E-state index in [1.807, 2.05) is 43.4 Å². The van der Waals surface area contributed by atoms with Crippen LogP contribution in [0, 0.1) is 23.6 Å². The van der Waals surface area contributed by atoms with Crippen LogP contribution in [0.1, 0.15) is 25.0 Å². The lowest BCUT2D eigenvalue weighted by atomic mass is 9.76. The van der Waals surface area contributed by atoms with E-state index in [9.17, 15) is 18.8 Å². The Morgan fingerprint density at radius 1 is 1.07 bits per heavy atom. The molecular weight excluding hydrogens is 385 g/mol. The van der Waals surface area contributed by atoms with Crippen LogP contribution >= 0.6 is 0 Å². The van der Waals surface area contributed by atoms with Crippen molar-refractivity contribution in [3.05, 3.63) is 65.5 Å². The fraction of sp³-hybridized carbons (Fsp3) is 0.348. The van der Waals surface area contributed by atoms with Crippen LogP contribution in [0.5, 0.6) is 0 Å². The first-order chi connectivity index (χ1) is 14.3. The lowest BCUT2D eigenvalue weighted by Gasteiger charge is -2.27. The van der Waals surface area contributed by atoms with Crippen molar-refractivity contribution in [3.8, 4) is 0 Å². The second-order valence-electron chi connectivity index (χ2n) is 8.75. The number of benzene rings is 2. The number of halogens is 1. The van der Waals surface area contributed by atoms with E-state index in [-0.39, 0.29) is 42.0 Å². The van der Waals surface area contributed by atoms with Crippen molar-refractivity contribution in [1.82, 2.24) is 4.90 Å². The molecule has 2 aromatic carbocycles. The molecule has 3 heterocycles. The molecule has 6 nitrogen and oxygen atoms in total. The van der Waals surface area contributed by atoms with Gasteiger partial charge in [0.2, 0.25) is 17.4 Å². The Kier molecular flexibility index (Phi) is 4.08. The number of likely N-dealkylation sites (tertiary alicyclic amines) is 1. The SMILES string of the molecule is CC(C)[C@H]1[NH2+][C@@]2(C(=O)Nc3ccccc32)[C@@H]2C(=O)N(Cc3ccc(F)cc3)C(=O)[C@H]12. The van der Waals surface area contributed by atoms with Gasteiger partial charge in [-0.3, -0.25) is 19.3 Å². The van der Waals surface area contributed by atoms with Crippen LogP contribution in [-0.2, 0) is 26.5 Å². The maximum atomic E-state index is 13.6. The van der Waals surface area contributed by atoms with E-state index in [1.165, 1.54) is 17.0 Å². The van der Waals surface area contributed by atoms with Crippen LogP contribution in [0.4, 0.5) is 10.1 Å². The van der Waals surface area contributed by atoms with E-state index in [0.29, 0.717) is 11.3 Å². The van der Waals surface area contributed by atoms with Gasteiger partial charge in [-0.2, -0.15) is 0 Å². The zero-order chi connectivity index (χ0) is 21.2. The minimum absolute atomic E-state index is 0.0785. The summed E-state index contributed by atoms with van der Waals surface area (Å²) in [5, 5.41) is 4.86. The first-order valence-corrected chi connectivity index (χ1v) is 10.2. The van der Waals surface area contributed by atoms with Gasteiger partial charge in [0.25, 0.3) is 5.91 Å². The molecule has 30 heavy (non-hydrogen) atoms. The van der Waals surface area contributed by atoms with Gasteiger partial charge >= 0.3 is 0 Å². The zero-order valence-corrected chi connectivity index (χ0v) is 16.8. The van der Waals surface area contributed by atoms with Crippen molar-refractivity contribution in [2.45, 2.75) is 32.0 Å². The number of nitrogens with zero attached hydrogens (tertiary/aromatic N) is 1. The summed E-state index contributed by atoms with van der Waals surface area (Å²) >= 11 is 0. The smallest absolute Gasteiger partial charge is 0.291 e. The van der Waals surface area contributed by atoms with Gasteiger partial charge in [-0.15, -0.1) is 0 Å². The molecule has 0 aromatic heterocycles. The van der Waals surface area contributed by atoms with Gasteiger partial charge in [-0.1, -0.05) is 44.2 Å². The van der Waals surface area contributed by atoms with E-state index in [2.05, 4.69) is 5.32 Å². The Morgan fingerprint density at radius 3 is 2.47 bits per heavy atom. The van der Waals surface area contributed by atoms with Gasteiger partial charge in [-0.05, 0) is 23.8 Å². The highest BCUT2D eigenvalue weighted by atomic mass is 19.1. The van der Waals surface area contributed by atoms with Crippen molar-refractivity contribution in [2.75, 3.05) is 5.32 Å². The predicted octanol–water partition coefficient (Wildman–Crippen LogP) is 1.38. The summed E-state index contributed by atoms with van der Waals surface area (Å²) in [6.07, 6.45) is 0. The number of amides is 3. The van der Waals surface area contributed by atoms with Gasteiger partial charge in [-0.25, -0.2) is 4.39 Å². The van der Waals surface area contributed by atoms with Crippen LogP contribution in [-0.4, -0.2) is 28.7 Å². The average molecular weight is 408 g/mol. The Labute approximate surface area is 173 Å². The highest BCUT2D eigenvalue weighted by Gasteiger charge is 2.74. The van der Waals surface area contributed by atoms with Crippen molar-refractivity contribution in [2.24, 2.45) is 17.8 Å². The van der Waals surface area contributed by atoms with E-state index < -0.39 is 17.4 Å². The fourth-order valence-electron chi connectivity index (χ4n) is 5.44. The number of imide groups is 1. The Balaban J connectivity index is 1.59. The summed E-state index contributed by atoms with van der Waals surface area (Å²) < 4.78 is 13.3. The van der Waals surface area contributed by atoms with E-state index in [0.717, 1.165) is 5.56 Å². The number of hydrogen-bond donors (Lipinski definition) is 2. The molecule has 3 aliphatic heterocycles. The number of fused-ring (bicyclic) bond motifs is 4. The highest BCUT2D eigenvalue weighted by molar-refractivity contribution is 6.13. The molecule has 3 amide bonds. The molecule has 4 atom stereocenters. The second-order valence-corrected chi connectivity index (χ2v) is 8.75. The summed E-state index contributed by atoms with van der Waals surface area (Å²) in [4.78, 5) is 41.5. The molecule has 154 valence electrons. The first-order valence-electron chi connectivity index (χ1n) is 10.2. The van der Waals surface area contributed by atoms with Gasteiger partial charge in [0.05, 0.1) is 12.2 Å². The van der Waals surface area contributed by atoms with Crippen LogP contribution in [0.25, 0.3) is 0 Å². The highest BCUT2D eigenvalue weighted by Crippen LogP contribution is 2.50. The van der Waals surface area contributed by atoms with Crippen LogP contribution in [0.15, 0.2) is 48.5 Å². The summed E-state index contributed by atoms with van der Waals surface area (Å²) in [5.41, 5.74) is 0.992. The predicted molar refractivity (Wildman–Crippen MR) is 106 cm³/mol.